The van der Waals surface area contributed by atoms with Crippen molar-refractivity contribution in [1.29, 1.82) is 0 Å². The molecule has 4 heteroatoms. The van der Waals surface area contributed by atoms with Gasteiger partial charge in [0, 0.05) is 24.2 Å². The summed E-state index contributed by atoms with van der Waals surface area (Å²) in [4.78, 5) is 5.45. The van der Waals surface area contributed by atoms with Crippen LogP contribution in [0.1, 0.15) is 44.5 Å². The minimum atomic E-state index is -0.0433. The Morgan fingerprint density at radius 2 is 2.31 bits per heavy atom. The smallest absolute Gasteiger partial charge is 0.0794 e. The Morgan fingerprint density at radius 3 is 2.81 bits per heavy atom. The zero-order valence-corrected chi connectivity index (χ0v) is 11.4. The molecular weight excluding hydrogens is 220 g/mol. The summed E-state index contributed by atoms with van der Waals surface area (Å²) in [5, 5.41) is 3.50. The summed E-state index contributed by atoms with van der Waals surface area (Å²) in [5.74, 6) is 0. The van der Waals surface area contributed by atoms with E-state index in [1.54, 1.807) is 18.4 Å². The minimum Gasteiger partial charge on any atom is -0.379 e. The van der Waals surface area contributed by atoms with Crippen LogP contribution in [0.15, 0.2) is 11.7 Å². The van der Waals surface area contributed by atoms with Crippen molar-refractivity contribution in [3.05, 3.63) is 16.6 Å². The van der Waals surface area contributed by atoms with Crippen LogP contribution in [0.2, 0.25) is 0 Å². The van der Waals surface area contributed by atoms with Gasteiger partial charge in [0.25, 0.3) is 0 Å². The highest BCUT2D eigenvalue weighted by atomic mass is 32.1. The normalized spacial score (nSPS) is 14.0. The van der Waals surface area contributed by atoms with Gasteiger partial charge in [-0.1, -0.05) is 6.92 Å². The molecule has 1 aromatic heterocycles. The predicted molar refractivity (Wildman–Crippen MR) is 68.9 cm³/mol. The van der Waals surface area contributed by atoms with Crippen LogP contribution >= 0.6 is 11.3 Å². The topological polar surface area (TPSA) is 34.1 Å². The van der Waals surface area contributed by atoms with Crippen molar-refractivity contribution < 1.29 is 4.74 Å². The minimum absolute atomic E-state index is 0.0433. The van der Waals surface area contributed by atoms with Crippen molar-refractivity contribution in [3.63, 3.8) is 0 Å². The highest BCUT2D eigenvalue weighted by molar-refractivity contribution is 7.09. The summed E-state index contributed by atoms with van der Waals surface area (Å²) >= 11 is 1.71. The van der Waals surface area contributed by atoms with E-state index in [-0.39, 0.29) is 5.60 Å². The maximum atomic E-state index is 5.44. The van der Waals surface area contributed by atoms with E-state index in [0.717, 1.165) is 19.4 Å². The van der Waals surface area contributed by atoms with Crippen LogP contribution in [0.5, 0.6) is 0 Å². The van der Waals surface area contributed by atoms with Crippen LogP contribution in [0.4, 0.5) is 0 Å². The Morgan fingerprint density at radius 1 is 1.56 bits per heavy atom. The fourth-order valence-electron chi connectivity index (χ4n) is 1.58. The van der Waals surface area contributed by atoms with Crippen molar-refractivity contribution in [1.82, 2.24) is 10.3 Å². The summed E-state index contributed by atoms with van der Waals surface area (Å²) in [6.07, 6.45) is 4.08. The molecular formula is C12H22N2OS. The number of ether oxygens (including phenoxy) is 1. The molecule has 0 saturated carbocycles. The molecule has 1 aromatic rings. The van der Waals surface area contributed by atoms with E-state index in [4.69, 9.17) is 4.74 Å². The third kappa shape index (κ3) is 4.20. The molecule has 1 atom stereocenters. The second-order valence-electron chi connectivity index (χ2n) is 4.52. The van der Waals surface area contributed by atoms with Gasteiger partial charge < -0.3 is 10.1 Å². The average Bonchev–Trinajstić information content (AvgIpc) is 2.77. The Balaban J connectivity index is 2.53. The summed E-state index contributed by atoms with van der Waals surface area (Å²) in [6.45, 7) is 7.37. The van der Waals surface area contributed by atoms with Gasteiger partial charge in [-0.25, -0.2) is 0 Å². The fraction of sp³-hybridized carbons (Fsp3) is 0.750. The standard InChI is InChI=1S/C12H22N2OS/c1-5-14-10(11-8-13-9-16-11)6-7-12(2,3)15-4/h8-10,14H,5-7H2,1-4H3. The molecule has 0 bridgehead atoms. The molecule has 0 aliphatic heterocycles. The second-order valence-corrected chi connectivity index (χ2v) is 5.43. The van der Waals surface area contributed by atoms with E-state index >= 15 is 0 Å². The Hall–Kier alpha value is -0.450. The van der Waals surface area contributed by atoms with Crippen molar-refractivity contribution in [3.8, 4) is 0 Å². The first-order valence-electron chi connectivity index (χ1n) is 5.76. The van der Waals surface area contributed by atoms with Crippen molar-refractivity contribution in [2.75, 3.05) is 13.7 Å². The van der Waals surface area contributed by atoms with Gasteiger partial charge in [0.05, 0.1) is 11.1 Å². The van der Waals surface area contributed by atoms with Gasteiger partial charge in [-0.3, -0.25) is 4.98 Å². The molecule has 0 amide bonds. The van der Waals surface area contributed by atoms with E-state index in [1.165, 1.54) is 4.88 Å². The molecule has 0 saturated heterocycles. The second kappa shape index (κ2) is 6.33. The van der Waals surface area contributed by atoms with E-state index < -0.39 is 0 Å². The number of rotatable bonds is 7. The molecule has 0 radical (unpaired) electrons. The quantitative estimate of drug-likeness (QED) is 0.798. The molecule has 0 spiro atoms. The van der Waals surface area contributed by atoms with E-state index in [9.17, 15) is 0 Å². The van der Waals surface area contributed by atoms with Crippen LogP contribution in [-0.2, 0) is 4.74 Å². The SMILES string of the molecule is CCNC(CCC(C)(C)OC)c1cncs1. The number of nitrogens with zero attached hydrogens (tertiary/aromatic N) is 1. The van der Waals surface area contributed by atoms with Crippen LogP contribution in [0.3, 0.4) is 0 Å². The van der Waals surface area contributed by atoms with Crippen molar-refractivity contribution in [2.45, 2.75) is 45.3 Å². The third-order valence-electron chi connectivity index (χ3n) is 2.83. The lowest BCUT2D eigenvalue weighted by Gasteiger charge is -2.25. The molecule has 1 rings (SSSR count). The van der Waals surface area contributed by atoms with Crippen LogP contribution in [-0.4, -0.2) is 24.2 Å². The lowest BCUT2D eigenvalue weighted by molar-refractivity contribution is 0.0118. The Labute approximate surface area is 102 Å². The molecule has 16 heavy (non-hydrogen) atoms. The Bertz CT molecular complexity index is 285. The summed E-state index contributed by atoms with van der Waals surface area (Å²) in [7, 11) is 1.77. The van der Waals surface area contributed by atoms with Crippen molar-refractivity contribution in [2.24, 2.45) is 0 Å². The fourth-order valence-corrected chi connectivity index (χ4v) is 2.31. The number of nitrogens with one attached hydrogen (secondary N) is 1. The number of methoxy groups -OCH3 is 1. The zero-order valence-electron chi connectivity index (χ0n) is 10.6. The highest BCUT2D eigenvalue weighted by Gasteiger charge is 2.20. The lowest BCUT2D eigenvalue weighted by atomic mass is 9.98. The molecule has 0 aliphatic carbocycles. The molecule has 1 N–H and O–H groups in total. The summed E-state index contributed by atoms with van der Waals surface area (Å²) in [5.41, 5.74) is 1.85. The van der Waals surface area contributed by atoms with E-state index in [2.05, 4.69) is 31.1 Å². The van der Waals surface area contributed by atoms with Crippen LogP contribution in [0.25, 0.3) is 0 Å². The lowest BCUT2D eigenvalue weighted by Crippen LogP contribution is -2.27. The first kappa shape index (κ1) is 13.6. The molecule has 0 aromatic carbocycles. The average molecular weight is 242 g/mol. The van der Waals surface area contributed by atoms with E-state index in [0.29, 0.717) is 6.04 Å². The van der Waals surface area contributed by atoms with Gasteiger partial charge >= 0.3 is 0 Å². The maximum Gasteiger partial charge on any atom is 0.0794 e. The molecule has 3 nitrogen and oxygen atoms in total. The van der Waals surface area contributed by atoms with Crippen LogP contribution in [0, 0.1) is 0 Å². The predicted octanol–water partition coefficient (Wildman–Crippen LogP) is 3.00. The molecule has 92 valence electrons. The van der Waals surface area contributed by atoms with Gasteiger partial charge in [0.2, 0.25) is 0 Å². The van der Waals surface area contributed by atoms with Gasteiger partial charge in [0.1, 0.15) is 0 Å². The molecule has 0 fully saturated rings. The zero-order chi connectivity index (χ0) is 12.0. The highest BCUT2D eigenvalue weighted by Crippen LogP contribution is 2.26. The maximum absolute atomic E-state index is 5.44. The van der Waals surface area contributed by atoms with Gasteiger partial charge in [-0.05, 0) is 33.2 Å². The van der Waals surface area contributed by atoms with Crippen molar-refractivity contribution >= 4 is 11.3 Å². The van der Waals surface area contributed by atoms with Gasteiger partial charge in [0.15, 0.2) is 0 Å². The number of hydrogen-bond donors (Lipinski definition) is 1. The number of hydrogen-bond acceptors (Lipinski definition) is 4. The number of thiazole rings is 1. The summed E-state index contributed by atoms with van der Waals surface area (Å²) in [6, 6.07) is 0.409. The third-order valence-corrected chi connectivity index (χ3v) is 3.72. The number of aromatic nitrogens is 1. The first-order chi connectivity index (χ1) is 7.59. The first-order valence-corrected chi connectivity index (χ1v) is 6.64. The molecule has 0 aliphatic rings. The molecule has 1 heterocycles. The van der Waals surface area contributed by atoms with Gasteiger partial charge in [-0.2, -0.15) is 0 Å². The monoisotopic (exact) mass is 242 g/mol. The molecule has 1 unspecified atom stereocenters. The largest absolute Gasteiger partial charge is 0.379 e. The Kier molecular flexibility index (Phi) is 5.38. The van der Waals surface area contributed by atoms with E-state index in [1.807, 2.05) is 11.7 Å². The summed E-state index contributed by atoms with van der Waals surface area (Å²) < 4.78 is 5.44. The van der Waals surface area contributed by atoms with Gasteiger partial charge in [-0.15, -0.1) is 11.3 Å². The van der Waals surface area contributed by atoms with Crippen LogP contribution < -0.4 is 5.32 Å².